The standard InChI is InChI=1S/C10H14O2S.C9H14S/c1-2-3-4-5-8-6-7-9(13-8)10(11)12;1-2-3-4-6-9-7-5-8-10-9/h6-7H,2-5H2,1H3,(H,11,12);5,7-8H,2-4,6H2,1H3. The Bertz CT molecular complexity index is 529. The van der Waals surface area contributed by atoms with Crippen LogP contribution < -0.4 is 0 Å². The molecule has 0 radical (unpaired) electrons. The van der Waals surface area contributed by atoms with Gasteiger partial charge in [-0.1, -0.05) is 45.6 Å². The number of aryl methyl sites for hydroxylation is 2. The highest BCUT2D eigenvalue weighted by Crippen LogP contribution is 2.18. The molecule has 23 heavy (non-hydrogen) atoms. The second-order valence-corrected chi connectivity index (χ2v) is 7.77. The quantitative estimate of drug-likeness (QED) is 0.512. The van der Waals surface area contributed by atoms with Crippen molar-refractivity contribution in [1.82, 2.24) is 0 Å². The summed E-state index contributed by atoms with van der Waals surface area (Å²) in [6, 6.07) is 7.96. The van der Waals surface area contributed by atoms with E-state index in [4.69, 9.17) is 5.11 Å². The Morgan fingerprint density at radius 1 is 0.957 bits per heavy atom. The van der Waals surface area contributed by atoms with Crippen molar-refractivity contribution in [3.8, 4) is 0 Å². The zero-order chi connectivity index (χ0) is 16.9. The molecule has 2 rings (SSSR count). The van der Waals surface area contributed by atoms with Gasteiger partial charge in [-0.25, -0.2) is 4.79 Å². The molecule has 4 heteroatoms. The van der Waals surface area contributed by atoms with Gasteiger partial charge in [0.2, 0.25) is 0 Å². The lowest BCUT2D eigenvalue weighted by molar-refractivity contribution is 0.0702. The number of carbonyl (C=O) groups is 1. The van der Waals surface area contributed by atoms with Crippen LogP contribution in [-0.2, 0) is 12.8 Å². The first kappa shape index (κ1) is 19.9. The Morgan fingerprint density at radius 3 is 2.09 bits per heavy atom. The Balaban J connectivity index is 0.000000238. The molecule has 2 aromatic heterocycles. The van der Waals surface area contributed by atoms with Crippen LogP contribution in [-0.4, -0.2) is 11.1 Å². The number of carboxylic acids is 1. The third kappa shape index (κ3) is 8.92. The van der Waals surface area contributed by atoms with Crippen molar-refractivity contribution in [2.24, 2.45) is 0 Å². The van der Waals surface area contributed by atoms with Crippen molar-refractivity contribution in [3.05, 3.63) is 44.3 Å². The normalized spacial score (nSPS) is 10.2. The lowest BCUT2D eigenvalue weighted by atomic mass is 10.2. The molecule has 0 aliphatic heterocycles. The van der Waals surface area contributed by atoms with E-state index in [1.807, 2.05) is 17.4 Å². The summed E-state index contributed by atoms with van der Waals surface area (Å²) in [4.78, 5) is 13.7. The van der Waals surface area contributed by atoms with Gasteiger partial charge in [-0.3, -0.25) is 0 Å². The molecule has 128 valence electrons. The van der Waals surface area contributed by atoms with E-state index in [1.165, 1.54) is 59.6 Å². The van der Waals surface area contributed by atoms with Crippen LogP contribution in [0.3, 0.4) is 0 Å². The smallest absolute Gasteiger partial charge is 0.345 e. The average molecular weight is 353 g/mol. The van der Waals surface area contributed by atoms with Crippen molar-refractivity contribution in [3.63, 3.8) is 0 Å². The van der Waals surface area contributed by atoms with Gasteiger partial charge in [0.05, 0.1) is 0 Å². The molecule has 0 spiro atoms. The van der Waals surface area contributed by atoms with Crippen molar-refractivity contribution in [1.29, 1.82) is 0 Å². The second kappa shape index (κ2) is 12.3. The van der Waals surface area contributed by atoms with Gasteiger partial charge in [-0.15, -0.1) is 22.7 Å². The Kier molecular flexibility index (Phi) is 10.7. The Hall–Kier alpha value is -1.13. The molecule has 2 aromatic rings. The van der Waals surface area contributed by atoms with Crippen LogP contribution in [0, 0.1) is 0 Å². The largest absolute Gasteiger partial charge is 0.477 e. The van der Waals surface area contributed by atoms with E-state index in [-0.39, 0.29) is 0 Å². The fraction of sp³-hybridized carbons (Fsp3) is 0.526. The highest BCUT2D eigenvalue weighted by atomic mass is 32.1. The summed E-state index contributed by atoms with van der Waals surface area (Å²) in [5, 5.41) is 10.8. The maximum atomic E-state index is 10.6. The number of aromatic carboxylic acids is 1. The van der Waals surface area contributed by atoms with Crippen LogP contribution in [0.4, 0.5) is 0 Å². The average Bonchev–Trinajstić information content (AvgIpc) is 3.20. The van der Waals surface area contributed by atoms with Gasteiger partial charge in [-0.2, -0.15) is 0 Å². The number of hydrogen-bond acceptors (Lipinski definition) is 3. The van der Waals surface area contributed by atoms with E-state index in [9.17, 15) is 4.79 Å². The summed E-state index contributed by atoms with van der Waals surface area (Å²) >= 11 is 3.27. The number of hydrogen-bond donors (Lipinski definition) is 1. The number of thiophene rings is 2. The molecule has 0 aliphatic rings. The van der Waals surface area contributed by atoms with E-state index in [0.717, 1.165) is 12.8 Å². The van der Waals surface area contributed by atoms with Crippen LogP contribution in [0.1, 0.15) is 71.8 Å². The monoisotopic (exact) mass is 352 g/mol. The fourth-order valence-corrected chi connectivity index (χ4v) is 3.82. The summed E-state index contributed by atoms with van der Waals surface area (Å²) in [5.74, 6) is -0.813. The third-order valence-corrected chi connectivity index (χ3v) is 5.58. The van der Waals surface area contributed by atoms with Gasteiger partial charge in [-0.05, 0) is 49.3 Å². The predicted molar refractivity (Wildman–Crippen MR) is 102 cm³/mol. The fourth-order valence-electron chi connectivity index (χ4n) is 2.18. The van der Waals surface area contributed by atoms with Gasteiger partial charge in [0, 0.05) is 9.75 Å². The summed E-state index contributed by atoms with van der Waals surface area (Å²) in [5.41, 5.74) is 0. The first-order valence-corrected chi connectivity index (χ1v) is 10.2. The maximum Gasteiger partial charge on any atom is 0.345 e. The highest BCUT2D eigenvalue weighted by molar-refractivity contribution is 7.13. The summed E-state index contributed by atoms with van der Waals surface area (Å²) in [6.07, 6.45) is 9.95. The molecule has 2 nitrogen and oxygen atoms in total. The molecule has 0 aromatic carbocycles. The van der Waals surface area contributed by atoms with Crippen LogP contribution in [0.2, 0.25) is 0 Å². The van der Waals surface area contributed by atoms with Crippen molar-refractivity contribution in [2.45, 2.75) is 65.2 Å². The minimum absolute atomic E-state index is 0.450. The SMILES string of the molecule is CCCCCc1ccc(C(=O)O)s1.CCCCCc1cccs1. The van der Waals surface area contributed by atoms with Gasteiger partial charge >= 0.3 is 5.97 Å². The van der Waals surface area contributed by atoms with Crippen molar-refractivity contribution < 1.29 is 9.90 Å². The molecule has 0 saturated heterocycles. The Labute approximate surface area is 148 Å². The number of unbranched alkanes of at least 4 members (excludes halogenated alkanes) is 4. The van der Waals surface area contributed by atoms with Gasteiger partial charge < -0.3 is 5.11 Å². The second-order valence-electron chi connectivity index (χ2n) is 5.56. The molecular formula is C19H28O2S2. The molecule has 1 N–H and O–H groups in total. The molecule has 0 amide bonds. The van der Waals surface area contributed by atoms with Gasteiger partial charge in [0.15, 0.2) is 0 Å². The van der Waals surface area contributed by atoms with E-state index in [2.05, 4.69) is 31.4 Å². The topological polar surface area (TPSA) is 37.3 Å². The number of rotatable bonds is 9. The molecule has 0 unspecified atom stereocenters. The first-order chi connectivity index (χ1) is 11.2. The number of carboxylic acid groups (broad SMARTS) is 1. The zero-order valence-electron chi connectivity index (χ0n) is 14.2. The summed E-state index contributed by atoms with van der Waals surface area (Å²) < 4.78 is 0. The molecule has 0 fully saturated rings. The maximum absolute atomic E-state index is 10.6. The molecule has 2 heterocycles. The minimum atomic E-state index is -0.813. The lowest BCUT2D eigenvalue weighted by Crippen LogP contribution is -1.89. The predicted octanol–water partition coefficient (Wildman–Crippen LogP) is 6.66. The van der Waals surface area contributed by atoms with E-state index in [0.29, 0.717) is 4.88 Å². The van der Waals surface area contributed by atoms with Gasteiger partial charge in [0.1, 0.15) is 4.88 Å². The Morgan fingerprint density at radius 2 is 1.61 bits per heavy atom. The third-order valence-electron chi connectivity index (χ3n) is 3.51. The highest BCUT2D eigenvalue weighted by Gasteiger charge is 2.05. The molecule has 0 aliphatic carbocycles. The molecule has 0 saturated carbocycles. The summed E-state index contributed by atoms with van der Waals surface area (Å²) in [6.45, 7) is 4.41. The van der Waals surface area contributed by atoms with E-state index < -0.39 is 5.97 Å². The molecule has 0 bridgehead atoms. The minimum Gasteiger partial charge on any atom is -0.477 e. The van der Waals surface area contributed by atoms with Crippen LogP contribution in [0.15, 0.2) is 29.6 Å². The van der Waals surface area contributed by atoms with Gasteiger partial charge in [0.25, 0.3) is 0 Å². The molecule has 0 atom stereocenters. The summed E-state index contributed by atoms with van der Waals surface area (Å²) in [7, 11) is 0. The van der Waals surface area contributed by atoms with Crippen molar-refractivity contribution in [2.75, 3.05) is 0 Å². The zero-order valence-corrected chi connectivity index (χ0v) is 15.8. The molecular weight excluding hydrogens is 324 g/mol. The van der Waals surface area contributed by atoms with Crippen LogP contribution in [0.25, 0.3) is 0 Å². The van der Waals surface area contributed by atoms with E-state index >= 15 is 0 Å². The van der Waals surface area contributed by atoms with Crippen LogP contribution >= 0.6 is 22.7 Å². The lowest BCUT2D eigenvalue weighted by Gasteiger charge is -1.94. The van der Waals surface area contributed by atoms with Crippen molar-refractivity contribution >= 4 is 28.6 Å². The van der Waals surface area contributed by atoms with Crippen LogP contribution in [0.5, 0.6) is 0 Å². The first-order valence-electron chi connectivity index (χ1n) is 8.51. The van der Waals surface area contributed by atoms with E-state index in [1.54, 1.807) is 6.07 Å².